The van der Waals surface area contributed by atoms with E-state index in [1.54, 1.807) is 12.1 Å². The van der Waals surface area contributed by atoms with Crippen LogP contribution in [0.15, 0.2) is 48.5 Å². The minimum absolute atomic E-state index is 0.0844. The fourth-order valence-electron chi connectivity index (χ4n) is 2.15. The summed E-state index contributed by atoms with van der Waals surface area (Å²) in [5.74, 6) is -1.51. The number of amides is 1. The Morgan fingerprint density at radius 3 is 2.54 bits per heavy atom. The Balaban J connectivity index is 1.90. The standard InChI is InChI=1S/C19H16F3NO5/c1-12(18(26)23-15-7-4-6-14(9-15)19(20,21)22)28-17(25)11-27-16-8-3-2-5-13(16)10-24/h2-10,12H,11H2,1H3,(H,23,26)/t12-/m1/s1. The van der Waals surface area contributed by atoms with Crippen molar-refractivity contribution in [1.29, 1.82) is 0 Å². The molecule has 0 bridgehead atoms. The van der Waals surface area contributed by atoms with Gasteiger partial charge in [0.1, 0.15) is 5.75 Å². The van der Waals surface area contributed by atoms with E-state index in [-0.39, 0.29) is 17.0 Å². The lowest BCUT2D eigenvalue weighted by molar-refractivity contribution is -0.155. The summed E-state index contributed by atoms with van der Waals surface area (Å²) in [4.78, 5) is 34.7. The van der Waals surface area contributed by atoms with Crippen LogP contribution in [0, 0.1) is 0 Å². The van der Waals surface area contributed by atoms with Crippen molar-refractivity contribution in [2.24, 2.45) is 0 Å². The first kappa shape index (κ1) is 20.9. The highest BCUT2D eigenvalue weighted by molar-refractivity contribution is 5.95. The largest absolute Gasteiger partial charge is 0.481 e. The lowest BCUT2D eigenvalue weighted by Crippen LogP contribution is -2.31. The highest BCUT2D eigenvalue weighted by atomic mass is 19.4. The highest BCUT2D eigenvalue weighted by Crippen LogP contribution is 2.30. The summed E-state index contributed by atoms with van der Waals surface area (Å²) < 4.78 is 48.2. The van der Waals surface area contributed by atoms with Crippen LogP contribution in [0.5, 0.6) is 5.75 Å². The summed E-state index contributed by atoms with van der Waals surface area (Å²) in [5, 5.41) is 2.25. The Labute approximate surface area is 158 Å². The Hall–Kier alpha value is -3.36. The van der Waals surface area contributed by atoms with Gasteiger partial charge in [-0.25, -0.2) is 4.79 Å². The molecule has 0 aliphatic heterocycles. The quantitative estimate of drug-likeness (QED) is 0.574. The molecular weight excluding hydrogens is 379 g/mol. The normalized spacial score (nSPS) is 12.0. The number of rotatable bonds is 7. The first-order valence-electron chi connectivity index (χ1n) is 8.05. The third kappa shape index (κ3) is 5.83. The average Bonchev–Trinajstić information content (AvgIpc) is 2.66. The molecule has 0 spiro atoms. The molecular formula is C19H16F3NO5. The van der Waals surface area contributed by atoms with E-state index < -0.39 is 36.3 Å². The van der Waals surface area contributed by atoms with Crippen molar-refractivity contribution in [1.82, 2.24) is 0 Å². The molecule has 6 nitrogen and oxygen atoms in total. The van der Waals surface area contributed by atoms with Gasteiger partial charge >= 0.3 is 12.1 Å². The van der Waals surface area contributed by atoms with Gasteiger partial charge in [-0.2, -0.15) is 13.2 Å². The summed E-state index contributed by atoms with van der Waals surface area (Å²) in [6.45, 7) is 0.715. The number of hydrogen-bond donors (Lipinski definition) is 1. The van der Waals surface area contributed by atoms with Crippen molar-refractivity contribution >= 4 is 23.9 Å². The first-order valence-corrected chi connectivity index (χ1v) is 8.05. The molecule has 9 heteroatoms. The molecule has 0 aliphatic carbocycles. The van der Waals surface area contributed by atoms with Crippen molar-refractivity contribution in [2.75, 3.05) is 11.9 Å². The Bertz CT molecular complexity index is 867. The second-order valence-corrected chi connectivity index (χ2v) is 5.64. The lowest BCUT2D eigenvalue weighted by Gasteiger charge is -2.15. The molecule has 0 saturated heterocycles. The lowest BCUT2D eigenvalue weighted by atomic mass is 10.2. The van der Waals surface area contributed by atoms with Crippen LogP contribution < -0.4 is 10.1 Å². The minimum atomic E-state index is -4.55. The van der Waals surface area contributed by atoms with Crippen molar-refractivity contribution in [3.05, 3.63) is 59.7 Å². The van der Waals surface area contributed by atoms with Gasteiger partial charge in [-0.1, -0.05) is 18.2 Å². The Morgan fingerprint density at radius 2 is 1.86 bits per heavy atom. The number of esters is 1. The maximum atomic E-state index is 12.7. The monoisotopic (exact) mass is 395 g/mol. The second kappa shape index (κ2) is 9.03. The van der Waals surface area contributed by atoms with Crippen molar-refractivity contribution in [3.63, 3.8) is 0 Å². The molecule has 28 heavy (non-hydrogen) atoms. The summed E-state index contributed by atoms with van der Waals surface area (Å²) in [6.07, 6.45) is -5.26. The van der Waals surface area contributed by atoms with Gasteiger partial charge in [-0.05, 0) is 37.3 Å². The maximum Gasteiger partial charge on any atom is 0.416 e. The number of carbonyl (C=O) groups is 3. The van der Waals surface area contributed by atoms with Crippen LogP contribution in [0.25, 0.3) is 0 Å². The summed E-state index contributed by atoms with van der Waals surface area (Å²) >= 11 is 0. The van der Waals surface area contributed by atoms with Gasteiger partial charge in [0.2, 0.25) is 0 Å². The van der Waals surface area contributed by atoms with Crippen LogP contribution in [0.1, 0.15) is 22.8 Å². The fraction of sp³-hybridized carbons (Fsp3) is 0.211. The molecule has 1 atom stereocenters. The molecule has 0 aromatic heterocycles. The molecule has 2 rings (SSSR count). The van der Waals surface area contributed by atoms with Crippen LogP contribution >= 0.6 is 0 Å². The van der Waals surface area contributed by atoms with E-state index in [2.05, 4.69) is 5.32 Å². The highest BCUT2D eigenvalue weighted by Gasteiger charge is 2.30. The first-order chi connectivity index (χ1) is 13.2. The number of hydrogen-bond acceptors (Lipinski definition) is 5. The van der Waals surface area contributed by atoms with E-state index in [4.69, 9.17) is 9.47 Å². The van der Waals surface area contributed by atoms with Crippen molar-refractivity contribution in [2.45, 2.75) is 19.2 Å². The van der Waals surface area contributed by atoms with E-state index in [9.17, 15) is 27.6 Å². The molecule has 0 aliphatic rings. The maximum absolute atomic E-state index is 12.7. The van der Waals surface area contributed by atoms with Crippen LogP contribution in [-0.4, -0.2) is 30.9 Å². The SMILES string of the molecule is C[C@@H](OC(=O)COc1ccccc1C=O)C(=O)Nc1cccc(C(F)(F)F)c1. The van der Waals surface area contributed by atoms with E-state index in [0.717, 1.165) is 18.2 Å². The number of halogens is 3. The summed E-state index contributed by atoms with van der Waals surface area (Å²) in [6, 6.07) is 10.3. The zero-order valence-corrected chi connectivity index (χ0v) is 14.7. The average molecular weight is 395 g/mol. The molecule has 1 amide bonds. The van der Waals surface area contributed by atoms with Gasteiger partial charge in [0.05, 0.1) is 11.1 Å². The smallest absolute Gasteiger partial charge is 0.416 e. The number of para-hydroxylation sites is 1. The van der Waals surface area contributed by atoms with E-state index in [0.29, 0.717) is 6.29 Å². The number of ether oxygens (including phenoxy) is 2. The zero-order valence-electron chi connectivity index (χ0n) is 14.7. The molecule has 0 radical (unpaired) electrons. The van der Waals surface area contributed by atoms with Crippen LogP contribution in [0.4, 0.5) is 18.9 Å². The van der Waals surface area contributed by atoms with Gasteiger partial charge in [-0.3, -0.25) is 9.59 Å². The molecule has 148 valence electrons. The van der Waals surface area contributed by atoms with Crippen LogP contribution in [0.2, 0.25) is 0 Å². The number of carbonyl (C=O) groups excluding carboxylic acids is 3. The number of anilines is 1. The Morgan fingerprint density at radius 1 is 1.14 bits per heavy atom. The van der Waals surface area contributed by atoms with Gasteiger partial charge in [0.15, 0.2) is 19.0 Å². The van der Waals surface area contributed by atoms with Gasteiger partial charge in [0, 0.05) is 5.69 Å². The molecule has 0 saturated carbocycles. The zero-order chi connectivity index (χ0) is 20.7. The number of nitrogens with one attached hydrogen (secondary N) is 1. The van der Waals surface area contributed by atoms with E-state index >= 15 is 0 Å². The fourth-order valence-corrected chi connectivity index (χ4v) is 2.15. The van der Waals surface area contributed by atoms with E-state index in [1.807, 2.05) is 0 Å². The summed E-state index contributed by atoms with van der Waals surface area (Å²) in [7, 11) is 0. The molecule has 1 N–H and O–H groups in total. The molecule has 2 aromatic carbocycles. The third-order valence-corrected chi connectivity index (χ3v) is 3.53. The predicted octanol–water partition coefficient (Wildman–Crippen LogP) is 3.47. The topological polar surface area (TPSA) is 81.7 Å². The number of aldehydes is 1. The molecule has 0 heterocycles. The van der Waals surface area contributed by atoms with Crippen molar-refractivity contribution in [3.8, 4) is 5.75 Å². The second-order valence-electron chi connectivity index (χ2n) is 5.64. The number of benzene rings is 2. The summed E-state index contributed by atoms with van der Waals surface area (Å²) in [5.41, 5.74) is -0.762. The van der Waals surface area contributed by atoms with Gasteiger partial charge < -0.3 is 14.8 Å². The molecule has 0 fully saturated rings. The molecule has 2 aromatic rings. The van der Waals surface area contributed by atoms with Crippen molar-refractivity contribution < 1.29 is 37.0 Å². The van der Waals surface area contributed by atoms with E-state index in [1.165, 1.54) is 25.1 Å². The van der Waals surface area contributed by atoms with Crippen LogP contribution in [0.3, 0.4) is 0 Å². The third-order valence-electron chi connectivity index (χ3n) is 3.53. The van der Waals surface area contributed by atoms with Gasteiger partial charge in [-0.15, -0.1) is 0 Å². The van der Waals surface area contributed by atoms with Gasteiger partial charge in [0.25, 0.3) is 5.91 Å². The molecule has 0 unspecified atom stereocenters. The number of alkyl halides is 3. The van der Waals surface area contributed by atoms with Crippen LogP contribution in [-0.2, 0) is 20.5 Å². The Kier molecular flexibility index (Phi) is 6.75. The predicted molar refractivity (Wildman–Crippen MR) is 93.0 cm³/mol. The minimum Gasteiger partial charge on any atom is -0.481 e.